The fourth-order valence-corrected chi connectivity index (χ4v) is 4.36. The molecule has 0 rings (SSSR count). The van der Waals surface area contributed by atoms with Crippen molar-refractivity contribution in [1.29, 1.82) is 0 Å². The first-order valence-corrected chi connectivity index (χ1v) is 10.3. The molecule has 0 radical (unpaired) electrons. The topological polar surface area (TPSA) is 18.5 Å². The first-order chi connectivity index (χ1) is 3.81. The SMILES string of the molecule is CC[O][Ga]([Br])[O]CC. The van der Waals surface area contributed by atoms with Crippen molar-refractivity contribution in [1.82, 2.24) is 0 Å². The van der Waals surface area contributed by atoms with E-state index in [4.69, 9.17) is 7.06 Å². The minimum atomic E-state index is -1.80. The summed E-state index contributed by atoms with van der Waals surface area (Å²) in [5, 5.41) is 0. The second-order valence-corrected chi connectivity index (χ2v) is 7.62. The van der Waals surface area contributed by atoms with E-state index in [1.54, 1.807) is 0 Å². The zero-order chi connectivity index (χ0) is 6.41. The van der Waals surface area contributed by atoms with Gasteiger partial charge in [-0.05, 0) is 0 Å². The maximum atomic E-state index is 5.16. The van der Waals surface area contributed by atoms with Gasteiger partial charge in [0.05, 0.1) is 0 Å². The molecule has 0 aromatic rings. The maximum absolute atomic E-state index is 5.16. The zero-order valence-electron chi connectivity index (χ0n) is 5.19. The molecule has 0 amide bonds. The number of hydrogen-bond acceptors (Lipinski definition) is 2. The number of hydrogen-bond donors (Lipinski definition) is 0. The first kappa shape index (κ1) is 9.04. The quantitative estimate of drug-likeness (QED) is 0.692. The normalized spacial score (nSPS) is 9.38. The molecule has 0 atom stereocenters. The summed E-state index contributed by atoms with van der Waals surface area (Å²) in [5.41, 5.74) is 0. The molecule has 2 nitrogen and oxygen atoms in total. The zero-order valence-corrected chi connectivity index (χ0v) is 9.19. The summed E-state index contributed by atoms with van der Waals surface area (Å²) in [7, 11) is 0. The monoisotopic (exact) mass is 238 g/mol. The van der Waals surface area contributed by atoms with Crippen molar-refractivity contribution >= 4 is 28.5 Å². The Morgan fingerprint density at radius 3 is 1.88 bits per heavy atom. The summed E-state index contributed by atoms with van der Waals surface area (Å²) in [4.78, 5) is 0. The van der Waals surface area contributed by atoms with Crippen molar-refractivity contribution in [3.63, 3.8) is 0 Å². The van der Waals surface area contributed by atoms with Crippen molar-refractivity contribution in [2.45, 2.75) is 13.8 Å². The van der Waals surface area contributed by atoms with E-state index in [0.29, 0.717) is 0 Å². The van der Waals surface area contributed by atoms with Crippen LogP contribution in [0.15, 0.2) is 0 Å². The van der Waals surface area contributed by atoms with Crippen LogP contribution in [-0.4, -0.2) is 28.2 Å². The van der Waals surface area contributed by atoms with Crippen LogP contribution in [0.4, 0.5) is 0 Å². The van der Waals surface area contributed by atoms with Gasteiger partial charge in [-0.2, -0.15) is 0 Å². The predicted molar refractivity (Wildman–Crippen MR) is 37.9 cm³/mol. The Labute approximate surface area is 62.7 Å². The van der Waals surface area contributed by atoms with Crippen LogP contribution < -0.4 is 0 Å². The average Bonchev–Trinajstić information content (AvgIpc) is 1.68. The number of halogens is 1. The van der Waals surface area contributed by atoms with E-state index >= 15 is 0 Å². The third-order valence-electron chi connectivity index (χ3n) is 0.595. The van der Waals surface area contributed by atoms with E-state index < -0.39 is 15.0 Å². The van der Waals surface area contributed by atoms with Gasteiger partial charge in [-0.3, -0.25) is 0 Å². The molecular formula is C4H10BrGaO2. The van der Waals surface area contributed by atoms with E-state index in [-0.39, 0.29) is 0 Å². The Kier molecular flexibility index (Phi) is 6.96. The van der Waals surface area contributed by atoms with Crippen molar-refractivity contribution in [3.05, 3.63) is 0 Å². The summed E-state index contributed by atoms with van der Waals surface area (Å²) < 4.78 is 10.3. The fourth-order valence-electron chi connectivity index (χ4n) is 0.310. The third-order valence-corrected chi connectivity index (χ3v) is 5.84. The standard InChI is InChI=1S/2C2H5O.BrH.Ga/c2*1-2-3;;/h2*2H2,1H3;1H;/q2*-1;;+3/p-1. The molecular weight excluding hydrogens is 230 g/mol. The van der Waals surface area contributed by atoms with Crippen molar-refractivity contribution < 1.29 is 7.06 Å². The molecule has 8 heavy (non-hydrogen) atoms. The summed E-state index contributed by atoms with van der Waals surface area (Å²) in [6, 6.07) is 0. The molecule has 0 aliphatic heterocycles. The Bertz CT molecular complexity index is 47.3. The Hall–Kier alpha value is 1.04. The van der Waals surface area contributed by atoms with Gasteiger partial charge in [0.25, 0.3) is 0 Å². The Balaban J connectivity index is 2.92. The predicted octanol–water partition coefficient (Wildman–Crippen LogP) is 1.44. The van der Waals surface area contributed by atoms with Gasteiger partial charge < -0.3 is 0 Å². The van der Waals surface area contributed by atoms with Gasteiger partial charge in [-0.15, -0.1) is 0 Å². The molecule has 0 aromatic heterocycles. The van der Waals surface area contributed by atoms with Gasteiger partial charge in [0, 0.05) is 0 Å². The molecule has 0 bridgehead atoms. The molecule has 0 saturated carbocycles. The van der Waals surface area contributed by atoms with E-state index in [1.165, 1.54) is 0 Å². The van der Waals surface area contributed by atoms with Crippen LogP contribution in [0.3, 0.4) is 0 Å². The van der Waals surface area contributed by atoms with Gasteiger partial charge >= 0.3 is 62.6 Å². The molecule has 0 spiro atoms. The van der Waals surface area contributed by atoms with Crippen molar-refractivity contribution in [2.75, 3.05) is 13.2 Å². The molecule has 0 heterocycles. The summed E-state index contributed by atoms with van der Waals surface area (Å²) in [6.45, 7) is 5.46. The second-order valence-electron chi connectivity index (χ2n) is 1.19. The van der Waals surface area contributed by atoms with Gasteiger partial charge in [0.1, 0.15) is 0 Å². The summed E-state index contributed by atoms with van der Waals surface area (Å²) in [6.07, 6.45) is 0. The molecule has 0 fully saturated rings. The van der Waals surface area contributed by atoms with Crippen molar-refractivity contribution in [3.8, 4) is 0 Å². The second kappa shape index (κ2) is 6.16. The van der Waals surface area contributed by atoms with Crippen LogP contribution in [0.1, 0.15) is 13.8 Å². The average molecular weight is 240 g/mol. The van der Waals surface area contributed by atoms with Gasteiger partial charge in [-0.25, -0.2) is 0 Å². The van der Waals surface area contributed by atoms with Crippen LogP contribution in [0, 0.1) is 0 Å². The minimum absolute atomic E-state index is 0.760. The van der Waals surface area contributed by atoms with Crippen LogP contribution >= 0.6 is 13.6 Å². The van der Waals surface area contributed by atoms with Gasteiger partial charge in [-0.1, -0.05) is 0 Å². The molecule has 0 aliphatic rings. The van der Waals surface area contributed by atoms with Gasteiger partial charge in [0.15, 0.2) is 0 Å². The van der Waals surface area contributed by atoms with Crippen LogP contribution in [-0.2, 0) is 7.06 Å². The van der Waals surface area contributed by atoms with Crippen molar-refractivity contribution in [2.24, 2.45) is 0 Å². The Morgan fingerprint density at radius 2 is 1.62 bits per heavy atom. The molecule has 0 saturated heterocycles. The van der Waals surface area contributed by atoms with Crippen LogP contribution in [0.2, 0.25) is 0 Å². The van der Waals surface area contributed by atoms with Crippen LogP contribution in [0.25, 0.3) is 0 Å². The molecule has 4 heteroatoms. The summed E-state index contributed by atoms with van der Waals surface area (Å²) in [5.74, 6) is 0. The van der Waals surface area contributed by atoms with Gasteiger partial charge in [0.2, 0.25) is 0 Å². The van der Waals surface area contributed by atoms with E-state index in [1.807, 2.05) is 13.8 Å². The Morgan fingerprint density at radius 1 is 1.25 bits per heavy atom. The molecule has 0 unspecified atom stereocenters. The molecule has 0 aromatic carbocycles. The summed E-state index contributed by atoms with van der Waals surface area (Å²) >= 11 is 1.54. The fraction of sp³-hybridized carbons (Fsp3) is 1.00. The number of rotatable bonds is 4. The van der Waals surface area contributed by atoms with E-state index in [0.717, 1.165) is 13.2 Å². The molecule has 0 aliphatic carbocycles. The first-order valence-electron chi connectivity index (χ1n) is 2.68. The third kappa shape index (κ3) is 5.18. The van der Waals surface area contributed by atoms with E-state index in [9.17, 15) is 0 Å². The van der Waals surface area contributed by atoms with Crippen LogP contribution in [0.5, 0.6) is 0 Å². The van der Waals surface area contributed by atoms with E-state index in [2.05, 4.69) is 13.6 Å². The molecule has 0 N–H and O–H groups in total. The molecule has 48 valence electrons.